The molecule has 0 aromatic heterocycles. The Hall–Kier alpha value is -2.14. The molecule has 5 heteroatoms. The van der Waals surface area contributed by atoms with E-state index in [0.29, 0.717) is 23.4 Å². The number of aliphatic imine (C=N–C) groups is 1. The van der Waals surface area contributed by atoms with E-state index in [0.717, 1.165) is 4.47 Å². The van der Waals surface area contributed by atoms with Gasteiger partial charge in [-0.25, -0.2) is 4.79 Å². The van der Waals surface area contributed by atoms with Gasteiger partial charge in [0.15, 0.2) is 0 Å². The molecule has 4 nitrogen and oxygen atoms in total. The molecule has 0 aliphatic rings. The third-order valence-corrected chi connectivity index (χ3v) is 3.21. The number of rotatable bonds is 4. The van der Waals surface area contributed by atoms with E-state index in [1.807, 2.05) is 0 Å². The zero-order chi connectivity index (χ0) is 15.2. The number of esters is 1. The summed E-state index contributed by atoms with van der Waals surface area (Å²) in [5.74, 6) is -0.192. The summed E-state index contributed by atoms with van der Waals surface area (Å²) in [5.41, 5.74) is 1.78. The summed E-state index contributed by atoms with van der Waals surface area (Å²) in [6.45, 7) is 2.11. The maximum absolute atomic E-state index is 11.5. The molecule has 0 saturated carbocycles. The number of ether oxygens (including phenoxy) is 1. The van der Waals surface area contributed by atoms with Gasteiger partial charge in [0.2, 0.25) is 0 Å². The van der Waals surface area contributed by atoms with E-state index in [1.54, 1.807) is 55.6 Å². The standard InChI is InChI=1S/C16H14BrNO3/c1-2-21-16(20)11-3-6-14(7-4-11)18-10-12-9-13(17)5-8-15(12)19/h3-10,19H,2H2,1H3. The normalized spacial score (nSPS) is 10.8. The van der Waals surface area contributed by atoms with E-state index >= 15 is 0 Å². The number of carbonyl (C=O) groups is 1. The van der Waals surface area contributed by atoms with Gasteiger partial charge in [0.1, 0.15) is 5.75 Å². The minimum Gasteiger partial charge on any atom is -0.507 e. The predicted octanol–water partition coefficient (Wildman–Crippen LogP) is 4.08. The number of benzene rings is 2. The largest absolute Gasteiger partial charge is 0.507 e. The Morgan fingerprint density at radius 2 is 2.00 bits per heavy atom. The van der Waals surface area contributed by atoms with E-state index < -0.39 is 0 Å². The van der Waals surface area contributed by atoms with Crippen molar-refractivity contribution in [1.29, 1.82) is 0 Å². The van der Waals surface area contributed by atoms with Crippen molar-refractivity contribution in [1.82, 2.24) is 0 Å². The van der Waals surface area contributed by atoms with Crippen molar-refractivity contribution in [3.63, 3.8) is 0 Å². The van der Waals surface area contributed by atoms with Crippen molar-refractivity contribution < 1.29 is 14.6 Å². The van der Waals surface area contributed by atoms with Gasteiger partial charge in [-0.2, -0.15) is 0 Å². The zero-order valence-corrected chi connectivity index (χ0v) is 13.0. The number of hydrogen-bond donors (Lipinski definition) is 1. The quantitative estimate of drug-likeness (QED) is 0.669. The fourth-order valence-corrected chi connectivity index (χ4v) is 2.05. The second-order valence-electron chi connectivity index (χ2n) is 4.23. The SMILES string of the molecule is CCOC(=O)c1ccc(N=Cc2cc(Br)ccc2O)cc1. The number of hydrogen-bond acceptors (Lipinski definition) is 4. The van der Waals surface area contributed by atoms with Crippen LogP contribution in [0.3, 0.4) is 0 Å². The highest BCUT2D eigenvalue weighted by atomic mass is 79.9. The lowest BCUT2D eigenvalue weighted by molar-refractivity contribution is 0.0526. The Morgan fingerprint density at radius 3 is 2.67 bits per heavy atom. The van der Waals surface area contributed by atoms with Crippen molar-refractivity contribution >= 4 is 33.8 Å². The molecular formula is C16H14BrNO3. The van der Waals surface area contributed by atoms with Crippen LogP contribution in [0.5, 0.6) is 5.75 Å². The summed E-state index contributed by atoms with van der Waals surface area (Å²) in [7, 11) is 0. The lowest BCUT2D eigenvalue weighted by Crippen LogP contribution is -2.03. The van der Waals surface area contributed by atoms with E-state index in [4.69, 9.17) is 4.74 Å². The number of phenolic OH excluding ortho intramolecular Hbond substituents is 1. The summed E-state index contributed by atoms with van der Waals surface area (Å²) < 4.78 is 5.77. The molecule has 0 heterocycles. The highest BCUT2D eigenvalue weighted by molar-refractivity contribution is 9.10. The monoisotopic (exact) mass is 347 g/mol. The molecule has 0 amide bonds. The van der Waals surface area contributed by atoms with E-state index in [1.165, 1.54) is 0 Å². The van der Waals surface area contributed by atoms with Crippen LogP contribution in [0, 0.1) is 0 Å². The summed E-state index contributed by atoms with van der Waals surface area (Å²) in [5, 5.41) is 9.72. The van der Waals surface area contributed by atoms with Gasteiger partial charge in [-0.3, -0.25) is 4.99 Å². The minimum atomic E-state index is -0.349. The van der Waals surface area contributed by atoms with Gasteiger partial charge >= 0.3 is 5.97 Å². The summed E-state index contributed by atoms with van der Waals surface area (Å²) >= 11 is 3.34. The molecule has 21 heavy (non-hydrogen) atoms. The average Bonchev–Trinajstić information content (AvgIpc) is 2.49. The van der Waals surface area contributed by atoms with Gasteiger partial charge in [0.25, 0.3) is 0 Å². The molecule has 0 fully saturated rings. The van der Waals surface area contributed by atoms with Crippen molar-refractivity contribution in [3.8, 4) is 5.75 Å². The summed E-state index contributed by atoms with van der Waals surface area (Å²) in [6.07, 6.45) is 1.57. The number of carbonyl (C=O) groups excluding carboxylic acids is 1. The van der Waals surface area contributed by atoms with Crippen molar-refractivity contribution in [2.24, 2.45) is 4.99 Å². The summed E-state index contributed by atoms with van der Waals surface area (Å²) in [6, 6.07) is 11.9. The Bertz CT molecular complexity index is 666. The third-order valence-electron chi connectivity index (χ3n) is 2.72. The van der Waals surface area contributed by atoms with E-state index in [2.05, 4.69) is 20.9 Å². The molecule has 0 spiro atoms. The zero-order valence-electron chi connectivity index (χ0n) is 11.4. The molecule has 1 N–H and O–H groups in total. The number of halogens is 1. The molecule has 0 aliphatic carbocycles. The summed E-state index contributed by atoms with van der Waals surface area (Å²) in [4.78, 5) is 15.8. The van der Waals surface area contributed by atoms with Crippen LogP contribution < -0.4 is 0 Å². The van der Waals surface area contributed by atoms with Crippen LogP contribution in [0.2, 0.25) is 0 Å². The van der Waals surface area contributed by atoms with Gasteiger partial charge in [0.05, 0.1) is 17.9 Å². The molecule has 2 rings (SSSR count). The average molecular weight is 348 g/mol. The first-order chi connectivity index (χ1) is 10.1. The van der Waals surface area contributed by atoms with Crippen LogP contribution in [-0.4, -0.2) is 23.9 Å². The molecule has 2 aromatic rings. The van der Waals surface area contributed by atoms with E-state index in [-0.39, 0.29) is 11.7 Å². The van der Waals surface area contributed by atoms with Gasteiger partial charge in [-0.15, -0.1) is 0 Å². The number of phenols is 1. The van der Waals surface area contributed by atoms with Crippen molar-refractivity contribution in [2.75, 3.05) is 6.61 Å². The van der Waals surface area contributed by atoms with Crippen molar-refractivity contribution in [2.45, 2.75) is 6.92 Å². The van der Waals surface area contributed by atoms with Gasteiger partial charge < -0.3 is 9.84 Å². The van der Waals surface area contributed by atoms with Gasteiger partial charge in [-0.1, -0.05) is 15.9 Å². The predicted molar refractivity (Wildman–Crippen MR) is 85.5 cm³/mol. The second-order valence-corrected chi connectivity index (χ2v) is 5.14. The maximum atomic E-state index is 11.5. The smallest absolute Gasteiger partial charge is 0.338 e. The lowest BCUT2D eigenvalue weighted by Gasteiger charge is -2.02. The Kier molecular flexibility index (Phi) is 5.11. The van der Waals surface area contributed by atoms with Crippen molar-refractivity contribution in [3.05, 3.63) is 58.1 Å². The first-order valence-electron chi connectivity index (χ1n) is 6.40. The van der Waals surface area contributed by atoms with Crippen LogP contribution in [0.25, 0.3) is 0 Å². The highest BCUT2D eigenvalue weighted by Gasteiger charge is 2.05. The van der Waals surface area contributed by atoms with Crippen LogP contribution in [-0.2, 0) is 4.74 Å². The maximum Gasteiger partial charge on any atom is 0.338 e. The highest BCUT2D eigenvalue weighted by Crippen LogP contribution is 2.21. The molecule has 0 aliphatic heterocycles. The molecule has 0 atom stereocenters. The third kappa shape index (κ3) is 4.16. The van der Waals surface area contributed by atoms with Crippen LogP contribution in [0.4, 0.5) is 5.69 Å². The lowest BCUT2D eigenvalue weighted by atomic mass is 10.2. The fraction of sp³-hybridized carbons (Fsp3) is 0.125. The van der Waals surface area contributed by atoms with Gasteiger partial charge in [-0.05, 0) is 49.4 Å². The van der Waals surface area contributed by atoms with Crippen LogP contribution in [0.15, 0.2) is 51.9 Å². The molecule has 0 bridgehead atoms. The second kappa shape index (κ2) is 7.04. The topological polar surface area (TPSA) is 58.9 Å². The minimum absolute atomic E-state index is 0.157. The van der Waals surface area contributed by atoms with Crippen LogP contribution in [0.1, 0.15) is 22.8 Å². The number of aromatic hydroxyl groups is 1. The molecule has 0 unspecified atom stereocenters. The molecule has 2 aromatic carbocycles. The Labute approximate surface area is 131 Å². The Morgan fingerprint density at radius 1 is 1.29 bits per heavy atom. The van der Waals surface area contributed by atoms with Crippen LogP contribution >= 0.6 is 15.9 Å². The molecular weight excluding hydrogens is 334 g/mol. The Balaban J connectivity index is 2.14. The first kappa shape index (κ1) is 15.3. The molecule has 0 radical (unpaired) electrons. The van der Waals surface area contributed by atoms with Gasteiger partial charge in [0, 0.05) is 16.3 Å². The fourth-order valence-electron chi connectivity index (χ4n) is 1.67. The molecule has 108 valence electrons. The van der Waals surface area contributed by atoms with E-state index in [9.17, 15) is 9.90 Å². The molecule has 0 saturated heterocycles. The first-order valence-corrected chi connectivity index (χ1v) is 7.19. The number of nitrogens with zero attached hydrogens (tertiary/aromatic N) is 1.